The fraction of sp³-hybridized carbons (Fsp3) is 0.476. The van der Waals surface area contributed by atoms with E-state index in [1.54, 1.807) is 12.5 Å². The summed E-state index contributed by atoms with van der Waals surface area (Å²) in [5.74, 6) is -0.122. The number of benzene rings is 1. The maximum Gasteiger partial charge on any atom is 0.246 e. The molecule has 1 aromatic rings. The Labute approximate surface area is 340 Å². The third-order valence-electron chi connectivity index (χ3n) is 7.93. The lowest BCUT2D eigenvalue weighted by Crippen LogP contribution is -2.49. The van der Waals surface area contributed by atoms with Crippen LogP contribution in [0.5, 0.6) is 0 Å². The number of carbonyl (C=O) groups is 1. The molecular weight excluding hydrogens is 739 g/mol. The van der Waals surface area contributed by atoms with Gasteiger partial charge in [-0.1, -0.05) is 114 Å². The molecule has 0 spiro atoms. The summed E-state index contributed by atoms with van der Waals surface area (Å²) in [6.45, 7) is 31.8. The second kappa shape index (κ2) is 29.1. The van der Waals surface area contributed by atoms with E-state index in [1.165, 1.54) is 18.7 Å². The molecule has 1 aromatic carbocycles. The molecule has 2 aliphatic rings. The Bertz CT molecular complexity index is 1500. The maximum absolute atomic E-state index is 13.0. The van der Waals surface area contributed by atoms with Crippen LogP contribution in [0.3, 0.4) is 0 Å². The lowest BCUT2D eigenvalue weighted by molar-refractivity contribution is -0.125. The van der Waals surface area contributed by atoms with Gasteiger partial charge in [0.2, 0.25) is 5.91 Å². The molecule has 1 heterocycles. The number of nitrogens with zero attached hydrogens (tertiary/aromatic N) is 4. The molecule has 54 heavy (non-hydrogen) atoms. The van der Waals surface area contributed by atoms with Gasteiger partial charge in [-0.2, -0.15) is 0 Å². The monoisotopic (exact) mass is 806 g/mol. The van der Waals surface area contributed by atoms with Gasteiger partial charge in [0, 0.05) is 80.0 Å². The molecule has 2 unspecified atom stereocenters. The van der Waals surface area contributed by atoms with Crippen LogP contribution in [0.2, 0.25) is 5.02 Å². The van der Waals surface area contributed by atoms with Crippen LogP contribution in [0.1, 0.15) is 79.5 Å². The van der Waals surface area contributed by atoms with Gasteiger partial charge in [-0.15, -0.1) is 0 Å². The van der Waals surface area contributed by atoms with Crippen LogP contribution in [-0.4, -0.2) is 90.1 Å². The summed E-state index contributed by atoms with van der Waals surface area (Å²) in [4.78, 5) is 22.6. The van der Waals surface area contributed by atoms with E-state index in [1.807, 2.05) is 69.2 Å². The molecule has 0 saturated carbocycles. The third-order valence-corrected chi connectivity index (χ3v) is 9.94. The van der Waals surface area contributed by atoms with E-state index in [2.05, 4.69) is 80.2 Å². The molecule has 1 aliphatic carbocycles. The Kier molecular flexibility index (Phi) is 28.5. The number of allylic oxidation sites excluding steroid dienone is 5. The van der Waals surface area contributed by atoms with Crippen LogP contribution < -0.4 is 11.1 Å². The molecule has 12 heteroatoms. The van der Waals surface area contributed by atoms with Crippen LogP contribution in [0, 0.1) is 5.92 Å². The number of amides is 1. The normalized spacial score (nSPS) is 18.6. The highest BCUT2D eigenvalue weighted by Crippen LogP contribution is 2.44. The standard InChI is InChI=1S/C32H46ClN5O3S.C4H5Cl.C3H8.C2H5N.CH4/c1-9-24(5)42(40)38-15-13-37(14-16-38)32-25(6)22(3)17-29(28-18-26(33)11-12-27(28)32)31(35-30(39)20-41-10-2)23(4)19-34-21-36(7)8;1-3-4(2)5;1-3-2;1-2-3;/h9,11-12,17-19,21,25,31-32H,3,10,13-16,20H2,1-2,4-8H3,(H,35,39);3H,1-2H2;3H2,1-2H3;2H,1,3H2;1H4/b23-19+,24-9+,34-21?;;;;/t25?,31-,32+,42?;;;;/m0..../s1. The molecule has 1 saturated heterocycles. The minimum absolute atomic E-state index is 0. The predicted molar refractivity (Wildman–Crippen MR) is 238 cm³/mol. The number of hydrogen-bond acceptors (Lipinski definition) is 6. The minimum Gasteiger partial charge on any atom is -0.405 e. The first-order valence-corrected chi connectivity index (χ1v) is 19.7. The number of halogens is 2. The number of hydrogen-bond donors (Lipinski definition) is 2. The fourth-order valence-corrected chi connectivity index (χ4v) is 6.59. The quantitative estimate of drug-likeness (QED) is 0.124. The van der Waals surface area contributed by atoms with Crippen molar-refractivity contribution in [2.24, 2.45) is 16.6 Å². The average Bonchev–Trinajstić information content (AvgIpc) is 3.22. The molecule has 304 valence electrons. The first kappa shape index (κ1) is 52.9. The largest absolute Gasteiger partial charge is 0.405 e. The molecule has 1 aliphatic heterocycles. The van der Waals surface area contributed by atoms with Crippen LogP contribution in [-0.2, 0) is 20.5 Å². The molecule has 1 fully saturated rings. The number of nitrogens with one attached hydrogen (secondary N) is 1. The zero-order chi connectivity index (χ0) is 40.7. The van der Waals surface area contributed by atoms with Gasteiger partial charge < -0.3 is 20.7 Å². The van der Waals surface area contributed by atoms with Gasteiger partial charge in [-0.05, 0) is 68.3 Å². The van der Waals surface area contributed by atoms with E-state index < -0.39 is 17.0 Å². The molecule has 9 nitrogen and oxygen atoms in total. The van der Waals surface area contributed by atoms with Crippen molar-refractivity contribution in [1.29, 1.82) is 0 Å². The van der Waals surface area contributed by atoms with Gasteiger partial charge in [0.1, 0.15) is 17.6 Å². The molecule has 0 aromatic heterocycles. The fourth-order valence-electron chi connectivity index (χ4n) is 5.31. The van der Waals surface area contributed by atoms with Crippen LogP contribution in [0.25, 0.3) is 5.57 Å². The molecule has 3 rings (SSSR count). The Morgan fingerprint density at radius 2 is 1.74 bits per heavy atom. The number of aliphatic imine (C=N–C) groups is 1. The maximum atomic E-state index is 13.0. The van der Waals surface area contributed by atoms with E-state index in [0.29, 0.717) is 29.8 Å². The summed E-state index contributed by atoms with van der Waals surface area (Å²) in [5, 5.41) is 4.29. The van der Waals surface area contributed by atoms with E-state index in [0.717, 1.165) is 45.8 Å². The van der Waals surface area contributed by atoms with E-state index in [4.69, 9.17) is 27.9 Å². The number of nitrogens with two attached hydrogens (primary N) is 1. The van der Waals surface area contributed by atoms with Crippen molar-refractivity contribution in [3.8, 4) is 0 Å². The van der Waals surface area contributed by atoms with Gasteiger partial charge in [0.15, 0.2) is 0 Å². The highest BCUT2D eigenvalue weighted by Gasteiger charge is 2.36. The van der Waals surface area contributed by atoms with Crippen molar-refractivity contribution in [2.75, 3.05) is 53.5 Å². The van der Waals surface area contributed by atoms with E-state index >= 15 is 0 Å². The molecular formula is C42H68Cl2N6O3S. The first-order chi connectivity index (χ1) is 25.1. The summed E-state index contributed by atoms with van der Waals surface area (Å²) < 4.78 is 20.4. The average molecular weight is 808 g/mol. The van der Waals surface area contributed by atoms with Gasteiger partial charge in [0.25, 0.3) is 0 Å². The molecule has 3 N–H and O–H groups in total. The number of piperazine rings is 1. The van der Waals surface area contributed by atoms with Gasteiger partial charge in [-0.3, -0.25) is 9.69 Å². The topological polar surface area (TPSA) is 104 Å². The zero-order valence-corrected chi connectivity index (χ0v) is 35.8. The van der Waals surface area contributed by atoms with Crippen molar-refractivity contribution >= 4 is 52.0 Å². The lowest BCUT2D eigenvalue weighted by Gasteiger charge is -2.41. The summed E-state index contributed by atoms with van der Waals surface area (Å²) in [6.07, 6.45) is 11.5. The van der Waals surface area contributed by atoms with Gasteiger partial charge >= 0.3 is 0 Å². The van der Waals surface area contributed by atoms with Crippen LogP contribution in [0.4, 0.5) is 0 Å². The van der Waals surface area contributed by atoms with E-state index in [9.17, 15) is 9.00 Å². The molecule has 0 bridgehead atoms. The first-order valence-electron chi connectivity index (χ1n) is 17.8. The lowest BCUT2D eigenvalue weighted by atomic mass is 9.86. The Morgan fingerprint density at radius 1 is 1.19 bits per heavy atom. The van der Waals surface area contributed by atoms with Crippen molar-refractivity contribution in [3.63, 3.8) is 0 Å². The Morgan fingerprint density at radius 3 is 2.22 bits per heavy atom. The van der Waals surface area contributed by atoms with Crippen LogP contribution >= 0.6 is 23.2 Å². The number of rotatable bonds is 12. The number of fused-ring (bicyclic) bond motifs is 1. The van der Waals surface area contributed by atoms with Gasteiger partial charge in [-0.25, -0.2) is 13.5 Å². The Hall–Kier alpha value is -3.25. The van der Waals surface area contributed by atoms with Crippen LogP contribution in [0.15, 0.2) is 101 Å². The summed E-state index contributed by atoms with van der Waals surface area (Å²) in [5.41, 5.74) is 9.45. The van der Waals surface area contributed by atoms with Crippen molar-refractivity contribution in [3.05, 3.63) is 112 Å². The van der Waals surface area contributed by atoms with Crippen molar-refractivity contribution < 1.29 is 13.7 Å². The number of carbonyl (C=O) groups excluding carboxylic acids is 1. The Balaban J connectivity index is 0. The summed E-state index contributed by atoms with van der Waals surface area (Å²) in [6, 6.07) is 5.58. The molecule has 0 radical (unpaired) electrons. The third kappa shape index (κ3) is 18.4. The molecule has 4 atom stereocenters. The summed E-state index contributed by atoms with van der Waals surface area (Å²) >= 11 is 11.8. The highest BCUT2D eigenvalue weighted by atomic mass is 35.5. The van der Waals surface area contributed by atoms with Crippen molar-refractivity contribution in [1.82, 2.24) is 19.4 Å². The van der Waals surface area contributed by atoms with Crippen molar-refractivity contribution in [2.45, 2.75) is 74.4 Å². The SMILES string of the molecule is C.C=C1C=C([C@@H](NC(=O)COCC)/C(C)=C/N=CN(C)C)c2cc(Cl)ccc2[C@H](N2CCN(S(=O)/C(C)=C/C)CC2)C1C.C=CC(=C)Cl.C=CN.CCC. The summed E-state index contributed by atoms with van der Waals surface area (Å²) in [7, 11) is 2.70. The predicted octanol–water partition coefficient (Wildman–Crippen LogP) is 9.26. The minimum atomic E-state index is -1.12. The second-order valence-corrected chi connectivity index (χ2v) is 15.2. The molecule has 1 amide bonds. The second-order valence-electron chi connectivity index (χ2n) is 12.6. The van der Waals surface area contributed by atoms with Gasteiger partial charge in [0.05, 0.1) is 12.4 Å². The zero-order valence-electron chi connectivity index (χ0n) is 33.5. The smallest absolute Gasteiger partial charge is 0.246 e. The van der Waals surface area contributed by atoms with E-state index in [-0.39, 0.29) is 31.9 Å². The highest BCUT2D eigenvalue weighted by molar-refractivity contribution is 7.86. The number of ether oxygens (including phenoxy) is 1.